The lowest BCUT2D eigenvalue weighted by molar-refractivity contribution is -0.136. The van der Waals surface area contributed by atoms with Crippen molar-refractivity contribution in [3.63, 3.8) is 0 Å². The van der Waals surface area contributed by atoms with Gasteiger partial charge in [-0.2, -0.15) is 0 Å². The minimum atomic E-state index is 0.276. The maximum atomic E-state index is 11.3. The van der Waals surface area contributed by atoms with Crippen molar-refractivity contribution in [1.29, 1.82) is 0 Å². The second-order valence-corrected chi connectivity index (χ2v) is 9.13. The SMILES string of the molecule is Cc1cc(C=O)c(C)n1C12CC3CC(C)(CC(C)(C3)C1)C2. The summed E-state index contributed by atoms with van der Waals surface area (Å²) in [7, 11) is 0. The van der Waals surface area contributed by atoms with Gasteiger partial charge in [-0.15, -0.1) is 0 Å². The molecule has 0 aromatic carbocycles. The highest BCUT2D eigenvalue weighted by atomic mass is 16.1. The van der Waals surface area contributed by atoms with E-state index in [2.05, 4.69) is 38.3 Å². The normalized spacial score (nSPS) is 44.3. The maximum Gasteiger partial charge on any atom is 0.151 e. The van der Waals surface area contributed by atoms with Crippen LogP contribution in [0, 0.1) is 30.6 Å². The van der Waals surface area contributed by atoms with Gasteiger partial charge in [0.25, 0.3) is 0 Å². The molecular formula is C19H27NO. The Morgan fingerprint density at radius 3 is 2.19 bits per heavy atom. The first-order chi connectivity index (χ1) is 9.78. The summed E-state index contributed by atoms with van der Waals surface area (Å²) >= 11 is 0. The molecule has 2 nitrogen and oxygen atoms in total. The van der Waals surface area contributed by atoms with Gasteiger partial charge in [-0.25, -0.2) is 0 Å². The number of rotatable bonds is 2. The Labute approximate surface area is 127 Å². The van der Waals surface area contributed by atoms with Crippen molar-refractivity contribution >= 4 is 6.29 Å². The van der Waals surface area contributed by atoms with Crippen LogP contribution in [0.2, 0.25) is 0 Å². The molecule has 2 unspecified atom stereocenters. The number of hydrogen-bond acceptors (Lipinski definition) is 1. The number of carbonyl (C=O) groups is 1. The minimum absolute atomic E-state index is 0.276. The quantitative estimate of drug-likeness (QED) is 0.727. The summed E-state index contributed by atoms with van der Waals surface area (Å²) in [6.07, 6.45) is 9.21. The van der Waals surface area contributed by atoms with Crippen LogP contribution < -0.4 is 0 Å². The van der Waals surface area contributed by atoms with E-state index in [0.717, 1.165) is 17.8 Å². The molecule has 1 aromatic rings. The molecule has 0 amide bonds. The molecule has 4 aliphatic carbocycles. The Kier molecular flexibility index (Phi) is 2.48. The number of aldehydes is 1. The van der Waals surface area contributed by atoms with Gasteiger partial charge in [-0.1, -0.05) is 13.8 Å². The lowest BCUT2D eigenvalue weighted by Gasteiger charge is -2.66. The van der Waals surface area contributed by atoms with Crippen molar-refractivity contribution in [2.24, 2.45) is 16.7 Å². The van der Waals surface area contributed by atoms with Crippen LogP contribution in [0.4, 0.5) is 0 Å². The molecule has 4 bridgehead atoms. The third-order valence-electron chi connectivity index (χ3n) is 6.67. The van der Waals surface area contributed by atoms with Crippen LogP contribution in [0.5, 0.6) is 0 Å². The summed E-state index contributed by atoms with van der Waals surface area (Å²) in [6.45, 7) is 9.35. The molecule has 4 saturated carbocycles. The van der Waals surface area contributed by atoms with E-state index < -0.39 is 0 Å². The van der Waals surface area contributed by atoms with Gasteiger partial charge >= 0.3 is 0 Å². The van der Waals surface area contributed by atoms with E-state index in [-0.39, 0.29) is 5.54 Å². The van der Waals surface area contributed by atoms with Crippen molar-refractivity contribution in [2.75, 3.05) is 0 Å². The van der Waals surface area contributed by atoms with Crippen molar-refractivity contribution < 1.29 is 4.79 Å². The lowest BCUT2D eigenvalue weighted by Crippen LogP contribution is -2.59. The average molecular weight is 285 g/mol. The summed E-state index contributed by atoms with van der Waals surface area (Å²) in [5.74, 6) is 0.886. The van der Waals surface area contributed by atoms with Gasteiger partial charge in [0.1, 0.15) is 0 Å². The third-order valence-corrected chi connectivity index (χ3v) is 6.67. The van der Waals surface area contributed by atoms with Gasteiger partial charge in [-0.3, -0.25) is 4.79 Å². The molecule has 0 N–H and O–H groups in total. The largest absolute Gasteiger partial charge is 0.342 e. The first kappa shape index (κ1) is 13.6. The van der Waals surface area contributed by atoms with Crippen LogP contribution in [-0.2, 0) is 5.54 Å². The fourth-order valence-electron chi connectivity index (χ4n) is 7.27. The molecule has 4 aliphatic rings. The number of aryl methyl sites for hydroxylation is 1. The Morgan fingerprint density at radius 1 is 1.10 bits per heavy atom. The Hall–Kier alpha value is -1.05. The highest BCUT2D eigenvalue weighted by Gasteiger charge is 2.61. The van der Waals surface area contributed by atoms with Gasteiger partial charge in [0.05, 0.1) is 0 Å². The number of aromatic nitrogens is 1. The van der Waals surface area contributed by atoms with Crippen LogP contribution in [0.3, 0.4) is 0 Å². The van der Waals surface area contributed by atoms with E-state index in [9.17, 15) is 4.79 Å². The molecule has 21 heavy (non-hydrogen) atoms. The highest BCUT2D eigenvalue weighted by molar-refractivity contribution is 5.77. The minimum Gasteiger partial charge on any atom is -0.342 e. The molecule has 0 spiro atoms. The predicted molar refractivity (Wildman–Crippen MR) is 84.7 cm³/mol. The molecule has 0 aliphatic heterocycles. The number of nitrogens with zero attached hydrogens (tertiary/aromatic N) is 1. The molecule has 1 heterocycles. The fraction of sp³-hybridized carbons (Fsp3) is 0.737. The number of hydrogen-bond donors (Lipinski definition) is 0. The fourth-order valence-corrected chi connectivity index (χ4v) is 7.27. The topological polar surface area (TPSA) is 22.0 Å². The monoisotopic (exact) mass is 285 g/mol. The highest BCUT2D eigenvalue weighted by Crippen LogP contribution is 2.68. The number of carbonyl (C=O) groups excluding carboxylic acids is 1. The summed E-state index contributed by atoms with van der Waals surface area (Å²) in [5, 5.41) is 0. The standard InChI is InChI=1S/C19H27NO/c1-13-5-16(9-21)14(2)20(13)19-8-15-6-17(3,11-19)10-18(4,7-15)12-19/h5,9,15H,6-8,10-12H2,1-4H3. The first-order valence-electron chi connectivity index (χ1n) is 8.43. The van der Waals surface area contributed by atoms with Gasteiger partial charge in [-0.05, 0) is 75.2 Å². The Balaban J connectivity index is 1.88. The van der Waals surface area contributed by atoms with E-state index in [1.807, 2.05) is 0 Å². The average Bonchev–Trinajstić information content (AvgIpc) is 2.59. The van der Waals surface area contributed by atoms with Crippen LogP contribution in [0.25, 0.3) is 0 Å². The van der Waals surface area contributed by atoms with Crippen molar-refractivity contribution in [3.8, 4) is 0 Å². The molecular weight excluding hydrogens is 258 g/mol. The van der Waals surface area contributed by atoms with Crippen LogP contribution in [0.15, 0.2) is 6.07 Å². The molecule has 0 saturated heterocycles. The van der Waals surface area contributed by atoms with Crippen molar-refractivity contribution in [3.05, 3.63) is 23.0 Å². The molecule has 4 fully saturated rings. The summed E-state index contributed by atoms with van der Waals surface area (Å²) in [5.41, 5.74) is 4.66. The van der Waals surface area contributed by atoms with E-state index in [1.165, 1.54) is 49.9 Å². The van der Waals surface area contributed by atoms with E-state index in [4.69, 9.17) is 0 Å². The zero-order valence-corrected chi connectivity index (χ0v) is 13.8. The van der Waals surface area contributed by atoms with Crippen molar-refractivity contribution in [2.45, 2.75) is 71.8 Å². The second kappa shape index (κ2) is 3.83. The zero-order valence-electron chi connectivity index (χ0n) is 13.8. The Bertz CT molecular complexity index is 608. The predicted octanol–water partition coefficient (Wildman–Crippen LogP) is 4.62. The van der Waals surface area contributed by atoms with Gasteiger partial charge in [0.2, 0.25) is 0 Å². The third kappa shape index (κ3) is 1.74. The first-order valence-corrected chi connectivity index (χ1v) is 8.43. The van der Waals surface area contributed by atoms with Crippen molar-refractivity contribution in [1.82, 2.24) is 4.57 Å². The molecule has 2 atom stereocenters. The van der Waals surface area contributed by atoms with Crippen LogP contribution >= 0.6 is 0 Å². The van der Waals surface area contributed by atoms with E-state index in [1.54, 1.807) is 0 Å². The Morgan fingerprint density at radius 2 is 1.71 bits per heavy atom. The van der Waals surface area contributed by atoms with Crippen LogP contribution in [0.1, 0.15) is 74.1 Å². The molecule has 5 rings (SSSR count). The summed E-state index contributed by atoms with van der Waals surface area (Å²) in [6, 6.07) is 2.09. The maximum absolute atomic E-state index is 11.3. The smallest absolute Gasteiger partial charge is 0.151 e. The molecule has 0 radical (unpaired) electrons. The summed E-state index contributed by atoms with van der Waals surface area (Å²) in [4.78, 5) is 11.3. The zero-order chi connectivity index (χ0) is 15.0. The van der Waals surface area contributed by atoms with Gasteiger partial charge < -0.3 is 4.57 Å². The van der Waals surface area contributed by atoms with E-state index >= 15 is 0 Å². The summed E-state index contributed by atoms with van der Waals surface area (Å²) < 4.78 is 2.55. The van der Waals surface area contributed by atoms with Gasteiger partial charge in [0.15, 0.2) is 6.29 Å². The lowest BCUT2D eigenvalue weighted by atomic mass is 9.42. The van der Waals surface area contributed by atoms with Crippen LogP contribution in [-0.4, -0.2) is 10.9 Å². The second-order valence-electron chi connectivity index (χ2n) is 9.13. The van der Waals surface area contributed by atoms with Gasteiger partial charge in [0, 0.05) is 22.5 Å². The molecule has 1 aromatic heterocycles. The molecule has 114 valence electrons. The van der Waals surface area contributed by atoms with E-state index in [0.29, 0.717) is 10.8 Å². The molecule has 2 heteroatoms.